The van der Waals surface area contributed by atoms with Crippen LogP contribution in [0.2, 0.25) is 0 Å². The van der Waals surface area contributed by atoms with Gasteiger partial charge in [-0.25, -0.2) is 0 Å². The van der Waals surface area contributed by atoms with Crippen LogP contribution in [0, 0.1) is 0 Å². The summed E-state index contributed by atoms with van der Waals surface area (Å²) in [5.74, 6) is 0.249. The zero-order valence-electron chi connectivity index (χ0n) is 10.3. The highest BCUT2D eigenvalue weighted by atomic mass is 16.3. The van der Waals surface area contributed by atoms with Crippen molar-refractivity contribution in [1.29, 1.82) is 0 Å². The monoisotopic (exact) mass is 247 g/mol. The van der Waals surface area contributed by atoms with E-state index < -0.39 is 0 Å². The number of phenolic OH excluding ortho intramolecular Hbond substituents is 1. The number of para-hydroxylation sites is 1. The number of fused-ring (bicyclic) bond motifs is 1. The third kappa shape index (κ3) is 2.33. The van der Waals surface area contributed by atoms with Gasteiger partial charge in [-0.05, 0) is 29.0 Å². The second-order valence-corrected chi connectivity index (χ2v) is 4.31. The van der Waals surface area contributed by atoms with Crippen LogP contribution in [0.3, 0.4) is 0 Å². The number of hydrogen-bond donors (Lipinski definition) is 1. The van der Waals surface area contributed by atoms with Crippen molar-refractivity contribution in [3.05, 3.63) is 72.3 Å². The van der Waals surface area contributed by atoms with Gasteiger partial charge in [-0.1, -0.05) is 48.5 Å². The Balaban J connectivity index is 2.10. The topological polar surface area (TPSA) is 32.6 Å². The molecule has 0 unspecified atom stereocenters. The van der Waals surface area contributed by atoms with Gasteiger partial charge in [-0.3, -0.25) is 4.99 Å². The smallest absolute Gasteiger partial charge is 0.124 e. The zero-order valence-corrected chi connectivity index (χ0v) is 10.3. The van der Waals surface area contributed by atoms with Crippen LogP contribution in [0.25, 0.3) is 10.8 Å². The Bertz CT molecular complexity index is 733. The zero-order chi connectivity index (χ0) is 13.1. The van der Waals surface area contributed by atoms with E-state index in [1.807, 2.05) is 60.7 Å². The quantitative estimate of drug-likeness (QED) is 0.673. The Labute approximate surface area is 111 Å². The Morgan fingerprint density at radius 3 is 2.37 bits per heavy atom. The lowest BCUT2D eigenvalue weighted by Crippen LogP contribution is -1.85. The molecule has 92 valence electrons. The van der Waals surface area contributed by atoms with E-state index in [-0.39, 0.29) is 5.75 Å². The second kappa shape index (κ2) is 4.94. The SMILES string of the molecule is Oc1ccc2ccccc2c1/C=N/c1ccccc1. The van der Waals surface area contributed by atoms with E-state index in [2.05, 4.69) is 4.99 Å². The van der Waals surface area contributed by atoms with E-state index in [9.17, 15) is 5.11 Å². The normalized spacial score (nSPS) is 11.2. The maximum atomic E-state index is 10.00. The molecule has 0 fully saturated rings. The summed E-state index contributed by atoms with van der Waals surface area (Å²) in [5.41, 5.74) is 1.62. The van der Waals surface area contributed by atoms with Crippen LogP contribution in [-0.4, -0.2) is 11.3 Å². The minimum absolute atomic E-state index is 0.249. The molecule has 0 atom stereocenters. The predicted molar refractivity (Wildman–Crippen MR) is 79.3 cm³/mol. The van der Waals surface area contributed by atoms with E-state index in [0.29, 0.717) is 0 Å². The maximum absolute atomic E-state index is 10.00. The fourth-order valence-electron chi connectivity index (χ4n) is 2.07. The third-order valence-corrected chi connectivity index (χ3v) is 3.05. The molecule has 0 bridgehead atoms. The van der Waals surface area contributed by atoms with Gasteiger partial charge in [0.1, 0.15) is 5.75 Å². The van der Waals surface area contributed by atoms with Gasteiger partial charge in [0, 0.05) is 11.8 Å². The molecule has 19 heavy (non-hydrogen) atoms. The van der Waals surface area contributed by atoms with Crippen molar-refractivity contribution in [2.24, 2.45) is 4.99 Å². The van der Waals surface area contributed by atoms with Gasteiger partial charge >= 0.3 is 0 Å². The Kier molecular flexibility index (Phi) is 2.99. The molecular weight excluding hydrogens is 234 g/mol. The molecule has 3 aromatic rings. The van der Waals surface area contributed by atoms with Crippen molar-refractivity contribution in [2.45, 2.75) is 0 Å². The van der Waals surface area contributed by atoms with Crippen LogP contribution in [0.15, 0.2) is 71.7 Å². The Hall–Kier alpha value is -2.61. The summed E-state index contributed by atoms with van der Waals surface area (Å²) in [6.07, 6.45) is 1.72. The Morgan fingerprint density at radius 2 is 1.53 bits per heavy atom. The van der Waals surface area contributed by atoms with Crippen LogP contribution >= 0.6 is 0 Å². The number of aromatic hydroxyl groups is 1. The average Bonchev–Trinajstić information content (AvgIpc) is 2.47. The first-order chi connectivity index (χ1) is 9.34. The molecule has 0 aliphatic carbocycles. The molecule has 0 radical (unpaired) electrons. The van der Waals surface area contributed by atoms with Crippen molar-refractivity contribution < 1.29 is 5.11 Å². The number of rotatable bonds is 2. The lowest BCUT2D eigenvalue weighted by molar-refractivity contribution is 0.475. The molecule has 3 rings (SSSR count). The average molecular weight is 247 g/mol. The number of benzene rings is 3. The molecule has 0 heterocycles. The lowest BCUT2D eigenvalue weighted by atomic mass is 10.0. The highest BCUT2D eigenvalue weighted by Crippen LogP contribution is 2.26. The maximum Gasteiger partial charge on any atom is 0.124 e. The highest BCUT2D eigenvalue weighted by Gasteiger charge is 2.03. The summed E-state index contributed by atoms with van der Waals surface area (Å²) in [5, 5.41) is 12.1. The standard InChI is InChI=1S/C17H13NO/c19-17-11-10-13-6-4-5-9-15(13)16(17)12-18-14-7-2-1-3-8-14/h1-12,19H/b18-12+. The molecule has 0 saturated heterocycles. The second-order valence-electron chi connectivity index (χ2n) is 4.31. The van der Waals surface area contributed by atoms with E-state index >= 15 is 0 Å². The summed E-state index contributed by atoms with van der Waals surface area (Å²) >= 11 is 0. The molecule has 0 aliphatic rings. The van der Waals surface area contributed by atoms with Gasteiger partial charge in [0.15, 0.2) is 0 Å². The number of nitrogens with zero attached hydrogens (tertiary/aromatic N) is 1. The van der Waals surface area contributed by atoms with E-state index in [0.717, 1.165) is 22.0 Å². The molecule has 0 spiro atoms. The summed E-state index contributed by atoms with van der Waals surface area (Å²) in [6, 6.07) is 21.3. The largest absolute Gasteiger partial charge is 0.507 e. The molecule has 2 heteroatoms. The van der Waals surface area contributed by atoms with Crippen molar-refractivity contribution >= 4 is 22.7 Å². The first-order valence-electron chi connectivity index (χ1n) is 6.14. The third-order valence-electron chi connectivity index (χ3n) is 3.05. The van der Waals surface area contributed by atoms with E-state index in [4.69, 9.17) is 0 Å². The van der Waals surface area contributed by atoms with Crippen LogP contribution in [-0.2, 0) is 0 Å². The minimum atomic E-state index is 0.249. The van der Waals surface area contributed by atoms with Crippen molar-refractivity contribution in [3.63, 3.8) is 0 Å². The molecule has 1 N–H and O–H groups in total. The van der Waals surface area contributed by atoms with Gasteiger partial charge in [0.2, 0.25) is 0 Å². The molecule has 2 nitrogen and oxygen atoms in total. The first kappa shape index (κ1) is 11.5. The molecule has 0 aliphatic heterocycles. The summed E-state index contributed by atoms with van der Waals surface area (Å²) < 4.78 is 0. The highest BCUT2D eigenvalue weighted by molar-refractivity contribution is 6.02. The lowest BCUT2D eigenvalue weighted by Gasteiger charge is -2.04. The molecular formula is C17H13NO. The number of phenols is 1. The fourth-order valence-corrected chi connectivity index (χ4v) is 2.07. The van der Waals surface area contributed by atoms with Crippen LogP contribution in [0.1, 0.15) is 5.56 Å². The van der Waals surface area contributed by atoms with E-state index in [1.165, 1.54) is 0 Å². The van der Waals surface area contributed by atoms with Gasteiger partial charge in [-0.15, -0.1) is 0 Å². The van der Waals surface area contributed by atoms with Crippen molar-refractivity contribution in [3.8, 4) is 5.75 Å². The number of aliphatic imine (C=N–C) groups is 1. The van der Waals surface area contributed by atoms with Crippen molar-refractivity contribution in [2.75, 3.05) is 0 Å². The first-order valence-corrected chi connectivity index (χ1v) is 6.14. The van der Waals surface area contributed by atoms with Gasteiger partial charge in [0.05, 0.1) is 5.69 Å². The fraction of sp³-hybridized carbons (Fsp3) is 0. The summed E-state index contributed by atoms with van der Waals surface area (Å²) in [6.45, 7) is 0. The summed E-state index contributed by atoms with van der Waals surface area (Å²) in [7, 11) is 0. The molecule has 0 amide bonds. The Morgan fingerprint density at radius 1 is 0.789 bits per heavy atom. The van der Waals surface area contributed by atoms with Gasteiger partial charge in [-0.2, -0.15) is 0 Å². The molecule has 0 saturated carbocycles. The van der Waals surface area contributed by atoms with Crippen LogP contribution in [0.5, 0.6) is 5.75 Å². The van der Waals surface area contributed by atoms with Gasteiger partial charge < -0.3 is 5.11 Å². The summed E-state index contributed by atoms with van der Waals surface area (Å²) in [4.78, 5) is 4.40. The van der Waals surface area contributed by atoms with Gasteiger partial charge in [0.25, 0.3) is 0 Å². The predicted octanol–water partition coefficient (Wildman–Crippen LogP) is 4.30. The van der Waals surface area contributed by atoms with Crippen molar-refractivity contribution in [1.82, 2.24) is 0 Å². The van der Waals surface area contributed by atoms with E-state index in [1.54, 1.807) is 12.3 Å². The molecule has 0 aromatic heterocycles. The number of hydrogen-bond acceptors (Lipinski definition) is 2. The minimum Gasteiger partial charge on any atom is -0.507 e. The van der Waals surface area contributed by atoms with Crippen LogP contribution < -0.4 is 0 Å². The molecule has 3 aromatic carbocycles. The van der Waals surface area contributed by atoms with Crippen LogP contribution in [0.4, 0.5) is 5.69 Å².